The van der Waals surface area contributed by atoms with Gasteiger partial charge < -0.3 is 16.2 Å². The maximum Gasteiger partial charge on any atom is 0.364 e. The van der Waals surface area contributed by atoms with Gasteiger partial charge in [0.1, 0.15) is 0 Å². The fourth-order valence-electron chi connectivity index (χ4n) is 1.90. The SMILES string of the molecule is CCCCC(CC)COC(=O)C([NH3+])CCCC[NH3+]. The number of quaternary nitrogens is 2. The van der Waals surface area contributed by atoms with E-state index < -0.39 is 0 Å². The molecule has 6 N–H and O–H groups in total. The van der Waals surface area contributed by atoms with Crippen LogP contribution in [0.1, 0.15) is 58.8 Å². The Hall–Kier alpha value is -0.610. The Labute approximate surface area is 111 Å². The number of hydrogen-bond donors (Lipinski definition) is 2. The van der Waals surface area contributed by atoms with Crippen LogP contribution >= 0.6 is 0 Å². The van der Waals surface area contributed by atoms with Crippen LogP contribution in [0.5, 0.6) is 0 Å². The maximum absolute atomic E-state index is 11.7. The molecular formula is C14H32N2O2+2. The highest BCUT2D eigenvalue weighted by atomic mass is 16.5. The number of esters is 1. The molecule has 0 saturated heterocycles. The summed E-state index contributed by atoms with van der Waals surface area (Å²) in [6.45, 7) is 5.84. The van der Waals surface area contributed by atoms with Crippen LogP contribution in [0.3, 0.4) is 0 Å². The Morgan fingerprint density at radius 1 is 1.17 bits per heavy atom. The molecule has 0 saturated carbocycles. The van der Waals surface area contributed by atoms with Crippen LogP contribution in [-0.4, -0.2) is 25.2 Å². The topological polar surface area (TPSA) is 81.6 Å². The monoisotopic (exact) mass is 260 g/mol. The van der Waals surface area contributed by atoms with Crippen LogP contribution in [0.15, 0.2) is 0 Å². The first-order chi connectivity index (χ1) is 8.65. The van der Waals surface area contributed by atoms with Gasteiger partial charge in [0.25, 0.3) is 0 Å². The second-order valence-corrected chi connectivity index (χ2v) is 5.09. The Balaban J connectivity index is 3.77. The van der Waals surface area contributed by atoms with Gasteiger partial charge in [-0.1, -0.05) is 33.1 Å². The fourth-order valence-corrected chi connectivity index (χ4v) is 1.90. The highest BCUT2D eigenvalue weighted by Gasteiger charge is 2.19. The van der Waals surface area contributed by atoms with Crippen LogP contribution < -0.4 is 11.5 Å². The molecule has 18 heavy (non-hydrogen) atoms. The zero-order chi connectivity index (χ0) is 13.8. The average Bonchev–Trinajstić information content (AvgIpc) is 2.38. The lowest BCUT2D eigenvalue weighted by Crippen LogP contribution is -2.65. The minimum Gasteiger partial charge on any atom is -0.461 e. The predicted molar refractivity (Wildman–Crippen MR) is 72.5 cm³/mol. The van der Waals surface area contributed by atoms with Crippen LogP contribution in [0.4, 0.5) is 0 Å². The molecule has 0 aliphatic heterocycles. The van der Waals surface area contributed by atoms with E-state index in [9.17, 15) is 4.79 Å². The molecule has 0 radical (unpaired) electrons. The normalized spacial score (nSPS) is 14.2. The highest BCUT2D eigenvalue weighted by molar-refractivity contribution is 5.73. The van der Waals surface area contributed by atoms with Crippen molar-refractivity contribution in [2.45, 2.75) is 64.8 Å². The van der Waals surface area contributed by atoms with E-state index >= 15 is 0 Å². The van der Waals surface area contributed by atoms with Crippen molar-refractivity contribution in [2.75, 3.05) is 13.2 Å². The van der Waals surface area contributed by atoms with E-state index in [1.807, 2.05) is 0 Å². The average molecular weight is 260 g/mol. The Bertz CT molecular complexity index is 210. The Morgan fingerprint density at radius 3 is 2.44 bits per heavy atom. The van der Waals surface area contributed by atoms with Gasteiger partial charge in [-0.3, -0.25) is 0 Å². The molecule has 108 valence electrons. The highest BCUT2D eigenvalue weighted by Crippen LogP contribution is 2.13. The molecule has 4 nitrogen and oxygen atoms in total. The van der Waals surface area contributed by atoms with Crippen molar-refractivity contribution >= 4 is 5.97 Å². The molecule has 0 spiro atoms. The summed E-state index contributed by atoms with van der Waals surface area (Å²) in [5.74, 6) is 0.384. The van der Waals surface area contributed by atoms with E-state index in [2.05, 4.69) is 25.3 Å². The van der Waals surface area contributed by atoms with E-state index in [0.717, 1.165) is 38.6 Å². The summed E-state index contributed by atoms with van der Waals surface area (Å²) in [4.78, 5) is 11.7. The largest absolute Gasteiger partial charge is 0.461 e. The second-order valence-electron chi connectivity index (χ2n) is 5.09. The quantitative estimate of drug-likeness (QED) is 0.425. The number of hydrogen-bond acceptors (Lipinski definition) is 2. The first-order valence-corrected chi connectivity index (χ1v) is 7.44. The Morgan fingerprint density at radius 2 is 1.89 bits per heavy atom. The van der Waals surface area contributed by atoms with Gasteiger partial charge in [-0.05, 0) is 25.2 Å². The molecule has 0 aromatic carbocycles. The van der Waals surface area contributed by atoms with Crippen LogP contribution in [0, 0.1) is 5.92 Å². The molecule has 0 amide bonds. The molecule has 4 heteroatoms. The van der Waals surface area contributed by atoms with Crippen molar-refractivity contribution in [1.29, 1.82) is 0 Å². The summed E-state index contributed by atoms with van der Waals surface area (Å²) in [6.07, 6.45) is 7.55. The van der Waals surface area contributed by atoms with Crippen molar-refractivity contribution in [1.82, 2.24) is 0 Å². The maximum atomic E-state index is 11.7. The summed E-state index contributed by atoms with van der Waals surface area (Å²) in [6, 6.07) is -0.208. The van der Waals surface area contributed by atoms with Gasteiger partial charge in [0.05, 0.1) is 13.2 Å². The van der Waals surface area contributed by atoms with Gasteiger partial charge in [0.15, 0.2) is 6.04 Å². The van der Waals surface area contributed by atoms with E-state index in [1.54, 1.807) is 0 Å². The lowest BCUT2D eigenvalue weighted by atomic mass is 10.0. The van der Waals surface area contributed by atoms with Gasteiger partial charge in [-0.2, -0.15) is 0 Å². The number of carbonyl (C=O) groups is 1. The van der Waals surface area contributed by atoms with Crippen LogP contribution in [0.2, 0.25) is 0 Å². The zero-order valence-corrected chi connectivity index (χ0v) is 12.2. The molecule has 0 aliphatic carbocycles. The van der Waals surface area contributed by atoms with E-state index in [0.29, 0.717) is 12.5 Å². The minimum absolute atomic E-state index is 0.131. The molecule has 0 aromatic rings. The van der Waals surface area contributed by atoms with E-state index in [4.69, 9.17) is 4.74 Å². The van der Waals surface area contributed by atoms with E-state index in [-0.39, 0.29) is 12.0 Å². The van der Waals surface area contributed by atoms with Gasteiger partial charge in [-0.25, -0.2) is 4.79 Å². The minimum atomic E-state index is -0.208. The second kappa shape index (κ2) is 11.5. The standard InChI is InChI=1S/C14H30N2O2/c1-3-5-8-12(4-2)11-18-14(17)13(16)9-6-7-10-15/h12-13H,3-11,15-16H2,1-2H3/p+2. The number of carbonyl (C=O) groups excluding carboxylic acids is 1. The van der Waals surface area contributed by atoms with Gasteiger partial charge in [-0.15, -0.1) is 0 Å². The molecular weight excluding hydrogens is 228 g/mol. The molecule has 2 unspecified atom stereocenters. The summed E-state index contributed by atoms with van der Waals surface area (Å²) < 4.78 is 5.37. The van der Waals surface area contributed by atoms with Crippen molar-refractivity contribution in [3.8, 4) is 0 Å². The number of ether oxygens (including phenoxy) is 1. The molecule has 0 aliphatic rings. The number of unbranched alkanes of at least 4 members (excludes halogenated alkanes) is 2. The lowest BCUT2D eigenvalue weighted by Gasteiger charge is -2.15. The molecule has 0 aromatic heterocycles. The number of rotatable bonds is 11. The van der Waals surface area contributed by atoms with Gasteiger partial charge >= 0.3 is 5.97 Å². The van der Waals surface area contributed by atoms with Crippen molar-refractivity contribution in [3.63, 3.8) is 0 Å². The summed E-state index contributed by atoms with van der Waals surface area (Å²) >= 11 is 0. The third kappa shape index (κ3) is 8.48. The van der Waals surface area contributed by atoms with E-state index in [1.165, 1.54) is 12.8 Å². The summed E-state index contributed by atoms with van der Waals surface area (Å²) in [5, 5.41) is 0. The predicted octanol–water partition coefficient (Wildman–Crippen LogP) is 0.769. The third-order valence-electron chi connectivity index (χ3n) is 3.39. The van der Waals surface area contributed by atoms with Crippen LogP contribution in [0.25, 0.3) is 0 Å². The lowest BCUT2D eigenvalue weighted by molar-refractivity contribution is -0.410. The van der Waals surface area contributed by atoms with Gasteiger partial charge in [0.2, 0.25) is 0 Å². The molecule has 0 bridgehead atoms. The molecule has 0 fully saturated rings. The van der Waals surface area contributed by atoms with Crippen LogP contribution in [-0.2, 0) is 9.53 Å². The molecule has 0 heterocycles. The first-order valence-electron chi connectivity index (χ1n) is 7.44. The Kier molecular flexibility index (Phi) is 11.1. The summed E-state index contributed by atoms with van der Waals surface area (Å²) in [7, 11) is 0. The first kappa shape index (κ1) is 17.4. The third-order valence-corrected chi connectivity index (χ3v) is 3.39. The zero-order valence-electron chi connectivity index (χ0n) is 12.2. The van der Waals surface area contributed by atoms with Crippen molar-refractivity contribution in [3.05, 3.63) is 0 Å². The van der Waals surface area contributed by atoms with Crippen molar-refractivity contribution in [2.24, 2.45) is 5.92 Å². The smallest absolute Gasteiger partial charge is 0.364 e. The molecule has 0 rings (SSSR count). The molecule has 2 atom stereocenters. The summed E-state index contributed by atoms with van der Waals surface area (Å²) in [5.41, 5.74) is 7.67. The fraction of sp³-hybridized carbons (Fsp3) is 0.929. The van der Waals surface area contributed by atoms with Crippen molar-refractivity contribution < 1.29 is 21.0 Å². The van der Waals surface area contributed by atoms with Gasteiger partial charge in [0, 0.05) is 6.42 Å².